The van der Waals surface area contributed by atoms with Gasteiger partial charge in [-0.2, -0.15) is 0 Å². The summed E-state index contributed by atoms with van der Waals surface area (Å²) in [6.45, 7) is 4.06. The maximum Gasteiger partial charge on any atom is 0.230 e. The number of hydrogen-bond donors (Lipinski definition) is 1. The highest BCUT2D eigenvalue weighted by molar-refractivity contribution is 7.99. The molecule has 1 heterocycles. The van der Waals surface area contributed by atoms with Gasteiger partial charge in [0.1, 0.15) is 0 Å². The third kappa shape index (κ3) is 6.58. The minimum absolute atomic E-state index is 0.0184. The number of ether oxygens (including phenoxy) is 1. The molecule has 0 saturated heterocycles. The number of methoxy groups -OCH3 is 1. The molecule has 0 saturated carbocycles. The molecule has 1 N–H and O–H groups in total. The molecule has 0 spiro atoms. The van der Waals surface area contributed by atoms with Gasteiger partial charge in [0, 0.05) is 38.3 Å². The van der Waals surface area contributed by atoms with E-state index >= 15 is 0 Å². The molecule has 1 atom stereocenters. The molecule has 1 aromatic heterocycles. The van der Waals surface area contributed by atoms with Crippen molar-refractivity contribution < 1.29 is 9.53 Å². The van der Waals surface area contributed by atoms with Crippen molar-refractivity contribution in [1.82, 2.24) is 20.1 Å². The molecule has 0 aliphatic heterocycles. The van der Waals surface area contributed by atoms with Crippen LogP contribution in [0.2, 0.25) is 5.02 Å². The number of nitrogens with zero attached hydrogens (tertiary/aromatic N) is 3. The van der Waals surface area contributed by atoms with Crippen molar-refractivity contribution in [2.24, 2.45) is 0 Å². The van der Waals surface area contributed by atoms with E-state index in [9.17, 15) is 4.79 Å². The van der Waals surface area contributed by atoms with Crippen LogP contribution in [0, 0.1) is 0 Å². The summed E-state index contributed by atoms with van der Waals surface area (Å²) < 4.78 is 7.21. The number of thioether (sulfide) groups is 1. The van der Waals surface area contributed by atoms with Gasteiger partial charge in [-0.1, -0.05) is 72.8 Å². The molecule has 3 rings (SSSR count). The number of nitrogens with one attached hydrogen (secondary N) is 1. The number of hydrogen-bond acceptors (Lipinski definition) is 5. The molecule has 6 nitrogen and oxygen atoms in total. The zero-order valence-electron chi connectivity index (χ0n) is 18.5. The fourth-order valence-electron chi connectivity index (χ4n) is 3.45. The molecule has 32 heavy (non-hydrogen) atoms. The number of aromatic nitrogens is 3. The predicted octanol–water partition coefficient (Wildman–Crippen LogP) is 5.04. The van der Waals surface area contributed by atoms with Crippen LogP contribution < -0.4 is 5.32 Å². The average molecular weight is 473 g/mol. The van der Waals surface area contributed by atoms with Crippen molar-refractivity contribution in [2.45, 2.75) is 37.4 Å². The Labute approximate surface area is 198 Å². The Morgan fingerprint density at radius 3 is 2.62 bits per heavy atom. The van der Waals surface area contributed by atoms with E-state index in [1.165, 1.54) is 17.3 Å². The summed E-state index contributed by atoms with van der Waals surface area (Å²) in [4.78, 5) is 12.5. The standard InChI is InChI=1S/C24H29ClN4O2S/c1-3-18(19-10-5-4-6-11-19)16-26-22(30)17-32-24-28-27-23(29(24)14-9-15-31-2)20-12-7-8-13-21(20)25/h4-8,10-13,18H,3,9,14-17H2,1-2H3,(H,26,30). The van der Waals surface area contributed by atoms with Gasteiger partial charge in [0.05, 0.1) is 10.8 Å². The third-order valence-electron chi connectivity index (χ3n) is 5.20. The molecular formula is C24H29ClN4O2S. The molecule has 8 heteroatoms. The van der Waals surface area contributed by atoms with Gasteiger partial charge in [-0.05, 0) is 30.5 Å². The van der Waals surface area contributed by atoms with E-state index < -0.39 is 0 Å². The van der Waals surface area contributed by atoms with Crippen molar-refractivity contribution in [3.8, 4) is 11.4 Å². The first kappa shape index (κ1) is 24.3. The molecule has 0 fully saturated rings. The van der Waals surface area contributed by atoms with Gasteiger partial charge in [0.25, 0.3) is 0 Å². The van der Waals surface area contributed by atoms with Crippen molar-refractivity contribution in [3.63, 3.8) is 0 Å². The minimum Gasteiger partial charge on any atom is -0.385 e. The van der Waals surface area contributed by atoms with Crippen LogP contribution in [0.5, 0.6) is 0 Å². The molecule has 1 amide bonds. The smallest absolute Gasteiger partial charge is 0.230 e. The van der Waals surface area contributed by atoms with E-state index in [0.717, 1.165) is 18.4 Å². The Bertz CT molecular complexity index is 997. The number of benzene rings is 2. The maximum absolute atomic E-state index is 12.5. The largest absolute Gasteiger partial charge is 0.385 e. The lowest BCUT2D eigenvalue weighted by atomic mass is 9.96. The van der Waals surface area contributed by atoms with Crippen molar-refractivity contribution in [3.05, 3.63) is 65.2 Å². The monoisotopic (exact) mass is 472 g/mol. The lowest BCUT2D eigenvalue weighted by Gasteiger charge is -2.16. The topological polar surface area (TPSA) is 69.0 Å². The van der Waals surface area contributed by atoms with Gasteiger partial charge in [-0.3, -0.25) is 4.79 Å². The van der Waals surface area contributed by atoms with E-state index in [1.807, 2.05) is 47.0 Å². The molecule has 3 aromatic rings. The average Bonchev–Trinajstić information content (AvgIpc) is 3.22. The van der Waals surface area contributed by atoms with Crippen LogP contribution in [0.4, 0.5) is 0 Å². The summed E-state index contributed by atoms with van der Waals surface area (Å²) in [5.74, 6) is 1.26. The van der Waals surface area contributed by atoms with Crippen LogP contribution in [0.3, 0.4) is 0 Å². The summed E-state index contributed by atoms with van der Waals surface area (Å²) in [6, 6.07) is 17.8. The fraction of sp³-hybridized carbons (Fsp3) is 0.375. The first-order valence-electron chi connectivity index (χ1n) is 10.8. The summed E-state index contributed by atoms with van der Waals surface area (Å²) >= 11 is 7.77. The second-order valence-corrected chi connectivity index (χ2v) is 8.74. The number of halogens is 1. The van der Waals surface area contributed by atoms with Gasteiger partial charge >= 0.3 is 0 Å². The Morgan fingerprint density at radius 1 is 1.16 bits per heavy atom. The summed E-state index contributed by atoms with van der Waals surface area (Å²) in [6.07, 6.45) is 1.77. The molecule has 0 radical (unpaired) electrons. The van der Waals surface area contributed by atoms with Crippen LogP contribution >= 0.6 is 23.4 Å². The van der Waals surface area contributed by atoms with Gasteiger partial charge in [0.2, 0.25) is 5.91 Å². The number of carbonyl (C=O) groups excluding carboxylic acids is 1. The molecule has 0 aliphatic carbocycles. The third-order valence-corrected chi connectivity index (χ3v) is 6.50. The minimum atomic E-state index is -0.0184. The number of amides is 1. The SMILES string of the molecule is CCC(CNC(=O)CSc1nnc(-c2ccccc2Cl)n1CCCOC)c1ccccc1. The van der Waals surface area contributed by atoms with Crippen LogP contribution in [0.1, 0.15) is 31.2 Å². The van der Waals surface area contributed by atoms with E-state index in [-0.39, 0.29) is 11.7 Å². The normalized spacial score (nSPS) is 12.0. The van der Waals surface area contributed by atoms with Crippen LogP contribution in [-0.2, 0) is 16.1 Å². The first-order valence-corrected chi connectivity index (χ1v) is 12.1. The van der Waals surface area contributed by atoms with E-state index in [2.05, 4.69) is 34.6 Å². The second-order valence-electron chi connectivity index (χ2n) is 7.39. The lowest BCUT2D eigenvalue weighted by Crippen LogP contribution is -2.29. The molecular weight excluding hydrogens is 444 g/mol. The van der Waals surface area contributed by atoms with Crippen LogP contribution in [0.15, 0.2) is 59.8 Å². The Balaban J connectivity index is 1.64. The highest BCUT2D eigenvalue weighted by Gasteiger charge is 2.18. The quantitative estimate of drug-likeness (QED) is 0.295. The Kier molecular flexibility index (Phi) is 9.59. The first-order chi connectivity index (χ1) is 15.6. The Morgan fingerprint density at radius 2 is 1.91 bits per heavy atom. The number of rotatable bonds is 12. The zero-order valence-corrected chi connectivity index (χ0v) is 20.0. The highest BCUT2D eigenvalue weighted by atomic mass is 35.5. The lowest BCUT2D eigenvalue weighted by molar-refractivity contribution is -0.118. The van der Waals surface area contributed by atoms with Crippen LogP contribution in [-0.4, -0.2) is 46.7 Å². The van der Waals surface area contributed by atoms with Gasteiger partial charge in [-0.15, -0.1) is 10.2 Å². The summed E-state index contributed by atoms with van der Waals surface area (Å²) in [5.41, 5.74) is 2.06. The summed E-state index contributed by atoms with van der Waals surface area (Å²) in [7, 11) is 1.68. The van der Waals surface area contributed by atoms with Crippen LogP contribution in [0.25, 0.3) is 11.4 Å². The van der Waals surface area contributed by atoms with Gasteiger partial charge < -0.3 is 14.6 Å². The Hall–Kier alpha value is -2.35. The van der Waals surface area contributed by atoms with E-state index in [1.54, 1.807) is 7.11 Å². The molecule has 1 unspecified atom stereocenters. The fourth-order valence-corrected chi connectivity index (χ4v) is 4.46. The molecule has 0 bridgehead atoms. The van der Waals surface area contributed by atoms with E-state index in [0.29, 0.717) is 41.6 Å². The number of carbonyl (C=O) groups is 1. The summed E-state index contributed by atoms with van der Waals surface area (Å²) in [5, 5.41) is 13.1. The van der Waals surface area contributed by atoms with Gasteiger partial charge in [-0.25, -0.2) is 0 Å². The van der Waals surface area contributed by atoms with Crippen molar-refractivity contribution in [1.29, 1.82) is 0 Å². The second kappa shape index (κ2) is 12.6. The molecule has 170 valence electrons. The molecule has 2 aromatic carbocycles. The highest BCUT2D eigenvalue weighted by Crippen LogP contribution is 2.29. The maximum atomic E-state index is 12.5. The van der Waals surface area contributed by atoms with Crippen molar-refractivity contribution >= 4 is 29.3 Å². The predicted molar refractivity (Wildman–Crippen MR) is 130 cm³/mol. The van der Waals surface area contributed by atoms with Crippen molar-refractivity contribution in [2.75, 3.05) is 26.0 Å². The van der Waals surface area contributed by atoms with Gasteiger partial charge in [0.15, 0.2) is 11.0 Å². The zero-order chi connectivity index (χ0) is 22.8. The van der Waals surface area contributed by atoms with E-state index in [4.69, 9.17) is 16.3 Å². The molecule has 0 aliphatic rings.